The van der Waals surface area contributed by atoms with Crippen molar-refractivity contribution in [1.82, 2.24) is 0 Å². The van der Waals surface area contributed by atoms with E-state index in [0.29, 0.717) is 6.42 Å². The Balaban J connectivity index is 0.000000336. The van der Waals surface area contributed by atoms with Crippen molar-refractivity contribution in [1.29, 1.82) is 0 Å². The van der Waals surface area contributed by atoms with Gasteiger partial charge in [0, 0.05) is 18.6 Å². The molecular formula is C10H13ClO4. The third kappa shape index (κ3) is 5.12. The van der Waals surface area contributed by atoms with E-state index in [1.807, 2.05) is 6.92 Å². The largest absolute Gasteiger partial charge is 0.508 e. The molecule has 0 amide bonds. The summed E-state index contributed by atoms with van der Waals surface area (Å²) >= 11 is 5.34. The minimum absolute atomic E-state index is 0.155. The molecule has 1 aromatic rings. The van der Waals surface area contributed by atoms with Gasteiger partial charge in [-0.15, -0.1) is 0 Å². The zero-order valence-electron chi connectivity index (χ0n) is 8.49. The summed E-state index contributed by atoms with van der Waals surface area (Å²) in [4.78, 5) is 9.81. The summed E-state index contributed by atoms with van der Waals surface area (Å²) in [5.41, 5.74) is 0. The van der Waals surface area contributed by atoms with Crippen LogP contribution in [0.1, 0.15) is 20.3 Å². The van der Waals surface area contributed by atoms with E-state index < -0.39 is 0 Å². The normalized spacial score (nSPS) is 9.00. The summed E-state index contributed by atoms with van der Waals surface area (Å²) in [6.45, 7) is 3.43. The third-order valence-electron chi connectivity index (χ3n) is 1.52. The van der Waals surface area contributed by atoms with Crippen LogP contribution in [0.4, 0.5) is 0 Å². The van der Waals surface area contributed by atoms with Crippen LogP contribution in [-0.2, 0) is 4.79 Å². The van der Waals surface area contributed by atoms with Gasteiger partial charge in [-0.25, -0.2) is 0 Å². The number of phenols is 3. The van der Waals surface area contributed by atoms with Crippen molar-refractivity contribution in [2.75, 3.05) is 0 Å². The van der Waals surface area contributed by atoms with Crippen LogP contribution < -0.4 is 0 Å². The average Bonchev–Trinajstić information content (AvgIpc) is 2.15. The van der Waals surface area contributed by atoms with E-state index in [-0.39, 0.29) is 28.1 Å². The highest BCUT2D eigenvalue weighted by atomic mass is 35.5. The molecule has 0 saturated carbocycles. The van der Waals surface area contributed by atoms with E-state index in [1.54, 1.807) is 6.92 Å². The molecule has 3 N–H and O–H groups in total. The van der Waals surface area contributed by atoms with E-state index >= 15 is 0 Å². The van der Waals surface area contributed by atoms with Gasteiger partial charge in [0.15, 0.2) is 0 Å². The lowest BCUT2D eigenvalue weighted by Crippen LogP contribution is -1.80. The van der Waals surface area contributed by atoms with E-state index in [2.05, 4.69) is 0 Å². The third-order valence-corrected chi connectivity index (χ3v) is 1.90. The first kappa shape index (κ1) is 13.6. The molecule has 0 aromatic heterocycles. The Morgan fingerprint density at radius 2 is 1.60 bits per heavy atom. The standard InChI is InChI=1S/C6H5ClO3.C4H8O/c7-6-4(9)1-3(8)2-5(6)10;1-3-4(2)5/h1-2,8-10H;3H2,1-2H3. The molecule has 0 heterocycles. The summed E-state index contributed by atoms with van der Waals surface area (Å²) in [7, 11) is 0. The highest BCUT2D eigenvalue weighted by molar-refractivity contribution is 6.33. The molecule has 0 fully saturated rings. The Bertz CT molecular complexity index is 326. The van der Waals surface area contributed by atoms with Crippen molar-refractivity contribution < 1.29 is 20.1 Å². The van der Waals surface area contributed by atoms with Crippen LogP contribution in [0.3, 0.4) is 0 Å². The van der Waals surface area contributed by atoms with Crippen LogP contribution in [0.15, 0.2) is 12.1 Å². The highest BCUT2D eigenvalue weighted by Gasteiger charge is 2.05. The Labute approximate surface area is 92.7 Å². The molecule has 5 heteroatoms. The van der Waals surface area contributed by atoms with Crippen molar-refractivity contribution in [2.45, 2.75) is 20.3 Å². The van der Waals surface area contributed by atoms with Gasteiger partial charge < -0.3 is 20.1 Å². The summed E-state index contributed by atoms with van der Waals surface area (Å²) in [6.07, 6.45) is 0.667. The number of rotatable bonds is 1. The number of Topliss-reactive ketones (excluding diaryl/α,β-unsaturated/α-hetero) is 1. The molecule has 0 aliphatic rings. The van der Waals surface area contributed by atoms with Gasteiger partial charge in [-0.05, 0) is 6.92 Å². The van der Waals surface area contributed by atoms with Crippen molar-refractivity contribution in [3.63, 3.8) is 0 Å². The second kappa shape index (κ2) is 6.14. The number of aromatic hydroxyl groups is 3. The van der Waals surface area contributed by atoms with Crippen molar-refractivity contribution in [3.05, 3.63) is 17.2 Å². The maximum atomic E-state index is 9.81. The molecular weight excluding hydrogens is 220 g/mol. The van der Waals surface area contributed by atoms with Gasteiger partial charge in [0.1, 0.15) is 28.1 Å². The maximum absolute atomic E-state index is 9.81. The summed E-state index contributed by atoms with van der Waals surface area (Å²) in [5.74, 6) is -0.636. The number of phenolic OH excluding ortho intramolecular Hbond substituents is 3. The molecule has 15 heavy (non-hydrogen) atoms. The van der Waals surface area contributed by atoms with Crippen LogP contribution in [0.2, 0.25) is 5.02 Å². The number of hydrogen-bond acceptors (Lipinski definition) is 4. The fraction of sp³-hybridized carbons (Fsp3) is 0.300. The first-order valence-electron chi connectivity index (χ1n) is 4.28. The van der Waals surface area contributed by atoms with Crippen LogP contribution in [-0.4, -0.2) is 21.1 Å². The van der Waals surface area contributed by atoms with Crippen LogP contribution in [0, 0.1) is 0 Å². The lowest BCUT2D eigenvalue weighted by atomic mass is 10.3. The maximum Gasteiger partial charge on any atom is 0.141 e. The van der Waals surface area contributed by atoms with Crippen molar-refractivity contribution >= 4 is 17.4 Å². The smallest absolute Gasteiger partial charge is 0.141 e. The lowest BCUT2D eigenvalue weighted by Gasteiger charge is -1.99. The van der Waals surface area contributed by atoms with Crippen molar-refractivity contribution in [3.8, 4) is 17.2 Å². The van der Waals surface area contributed by atoms with Gasteiger partial charge in [-0.1, -0.05) is 18.5 Å². The summed E-state index contributed by atoms with van der Waals surface area (Å²) < 4.78 is 0. The minimum atomic E-state index is -0.334. The summed E-state index contributed by atoms with van der Waals surface area (Å²) in [5, 5.41) is 26.2. The first-order chi connectivity index (χ1) is 6.88. The fourth-order valence-corrected chi connectivity index (χ4v) is 0.689. The number of benzene rings is 1. The Morgan fingerprint density at radius 1 is 1.27 bits per heavy atom. The molecule has 0 bridgehead atoms. The fourth-order valence-electron chi connectivity index (χ4n) is 0.580. The van der Waals surface area contributed by atoms with E-state index in [9.17, 15) is 4.79 Å². The van der Waals surface area contributed by atoms with E-state index in [0.717, 1.165) is 12.1 Å². The second-order valence-electron chi connectivity index (χ2n) is 2.85. The predicted molar refractivity (Wildman–Crippen MR) is 57.4 cm³/mol. The van der Waals surface area contributed by atoms with Gasteiger partial charge in [0.2, 0.25) is 0 Å². The molecule has 0 unspecified atom stereocenters. The molecule has 0 aliphatic heterocycles. The highest BCUT2D eigenvalue weighted by Crippen LogP contribution is 2.35. The van der Waals surface area contributed by atoms with Gasteiger partial charge in [0.05, 0.1) is 0 Å². The molecule has 1 rings (SSSR count). The molecule has 4 nitrogen and oxygen atoms in total. The van der Waals surface area contributed by atoms with Gasteiger partial charge in [0.25, 0.3) is 0 Å². The Kier molecular flexibility index (Phi) is 5.56. The molecule has 0 aliphatic carbocycles. The molecule has 0 spiro atoms. The quantitative estimate of drug-likeness (QED) is 0.695. The molecule has 0 atom stereocenters. The summed E-state index contributed by atoms with van der Waals surface area (Å²) in [6, 6.07) is 2.09. The van der Waals surface area contributed by atoms with Crippen LogP contribution in [0.5, 0.6) is 17.2 Å². The zero-order chi connectivity index (χ0) is 12.0. The number of halogens is 1. The number of hydrogen-bond donors (Lipinski definition) is 3. The van der Waals surface area contributed by atoms with Gasteiger partial charge in [-0.3, -0.25) is 0 Å². The molecule has 0 radical (unpaired) electrons. The van der Waals surface area contributed by atoms with E-state index in [1.165, 1.54) is 0 Å². The van der Waals surface area contributed by atoms with Crippen LogP contribution in [0.25, 0.3) is 0 Å². The first-order valence-corrected chi connectivity index (χ1v) is 4.66. The van der Waals surface area contributed by atoms with Gasteiger partial charge in [-0.2, -0.15) is 0 Å². The van der Waals surface area contributed by atoms with Gasteiger partial charge >= 0.3 is 0 Å². The SMILES string of the molecule is CCC(C)=O.Oc1cc(O)c(Cl)c(O)c1. The molecule has 84 valence electrons. The number of ketones is 1. The Morgan fingerprint density at radius 3 is 1.87 bits per heavy atom. The second-order valence-corrected chi connectivity index (χ2v) is 3.23. The number of carbonyl (C=O) groups excluding carboxylic acids is 1. The molecule has 1 aromatic carbocycles. The predicted octanol–water partition coefficient (Wildman–Crippen LogP) is 2.44. The Hall–Kier alpha value is -1.42. The number of carbonyl (C=O) groups is 1. The molecule has 0 saturated heterocycles. The lowest BCUT2D eigenvalue weighted by molar-refractivity contribution is -0.116. The zero-order valence-corrected chi connectivity index (χ0v) is 9.25. The average molecular weight is 233 g/mol. The van der Waals surface area contributed by atoms with E-state index in [4.69, 9.17) is 26.9 Å². The minimum Gasteiger partial charge on any atom is -0.508 e. The van der Waals surface area contributed by atoms with Crippen molar-refractivity contribution in [2.24, 2.45) is 0 Å². The topological polar surface area (TPSA) is 77.8 Å². The monoisotopic (exact) mass is 232 g/mol. The van der Waals surface area contributed by atoms with Crippen LogP contribution >= 0.6 is 11.6 Å².